The summed E-state index contributed by atoms with van der Waals surface area (Å²) in [5.74, 6) is -0.168. The third-order valence-electron chi connectivity index (χ3n) is 2.11. The molecule has 3 nitrogen and oxygen atoms in total. The van der Waals surface area contributed by atoms with E-state index in [1.54, 1.807) is 0 Å². The Morgan fingerprint density at radius 3 is 2.69 bits per heavy atom. The molecular weight excluding hydrogens is 222 g/mol. The van der Waals surface area contributed by atoms with Gasteiger partial charge in [0.2, 0.25) is 0 Å². The van der Waals surface area contributed by atoms with E-state index < -0.39 is 0 Å². The van der Waals surface area contributed by atoms with Crippen molar-refractivity contribution in [3.05, 3.63) is 24.3 Å². The van der Waals surface area contributed by atoms with E-state index >= 15 is 0 Å². The van der Waals surface area contributed by atoms with Gasteiger partial charge in [0.25, 0.3) is 0 Å². The highest BCUT2D eigenvalue weighted by Crippen LogP contribution is 2.30. The SMILES string of the molecule is CCOC(=O)C(CC)Sc1ccccc1N. The number of carbonyl (C=O) groups is 1. The summed E-state index contributed by atoms with van der Waals surface area (Å²) in [6, 6.07) is 7.55. The molecule has 0 aliphatic carbocycles. The number of ether oxygens (including phenoxy) is 1. The predicted octanol–water partition coefficient (Wildman–Crippen LogP) is 2.70. The Kier molecular flexibility index (Phi) is 5.19. The van der Waals surface area contributed by atoms with Gasteiger partial charge in [0.15, 0.2) is 0 Å². The topological polar surface area (TPSA) is 52.3 Å². The highest BCUT2D eigenvalue weighted by atomic mass is 32.2. The minimum absolute atomic E-state index is 0.168. The Hall–Kier alpha value is -1.16. The van der Waals surface area contributed by atoms with Gasteiger partial charge in [0.1, 0.15) is 5.25 Å². The van der Waals surface area contributed by atoms with Crippen molar-refractivity contribution >= 4 is 23.4 Å². The molecule has 0 bridgehead atoms. The Balaban J connectivity index is 2.70. The highest BCUT2D eigenvalue weighted by Gasteiger charge is 2.19. The van der Waals surface area contributed by atoms with Gasteiger partial charge in [-0.2, -0.15) is 0 Å². The Morgan fingerprint density at radius 2 is 2.12 bits per heavy atom. The molecule has 1 unspecified atom stereocenters. The molecule has 1 atom stereocenters. The molecule has 0 radical (unpaired) electrons. The summed E-state index contributed by atoms with van der Waals surface area (Å²) in [6.45, 7) is 4.19. The van der Waals surface area contributed by atoms with Crippen LogP contribution in [0.15, 0.2) is 29.2 Å². The van der Waals surface area contributed by atoms with Crippen LogP contribution in [0.25, 0.3) is 0 Å². The van der Waals surface area contributed by atoms with E-state index in [4.69, 9.17) is 10.5 Å². The first-order valence-electron chi connectivity index (χ1n) is 5.36. The summed E-state index contributed by atoms with van der Waals surface area (Å²) in [5, 5.41) is -0.176. The second kappa shape index (κ2) is 6.43. The number of benzene rings is 1. The zero-order valence-electron chi connectivity index (χ0n) is 9.60. The molecule has 0 spiro atoms. The van der Waals surface area contributed by atoms with Gasteiger partial charge in [0.05, 0.1) is 6.61 Å². The predicted molar refractivity (Wildman–Crippen MR) is 67.4 cm³/mol. The van der Waals surface area contributed by atoms with Crippen LogP contribution in [0, 0.1) is 0 Å². The van der Waals surface area contributed by atoms with Crippen LogP contribution in [0.2, 0.25) is 0 Å². The monoisotopic (exact) mass is 239 g/mol. The molecule has 0 aliphatic heterocycles. The molecule has 1 aromatic rings. The van der Waals surface area contributed by atoms with Crippen LogP contribution in [0.5, 0.6) is 0 Å². The molecule has 0 heterocycles. The first-order chi connectivity index (χ1) is 7.69. The molecule has 16 heavy (non-hydrogen) atoms. The second-order valence-corrected chi connectivity index (χ2v) is 4.55. The largest absolute Gasteiger partial charge is 0.465 e. The van der Waals surface area contributed by atoms with Crippen molar-refractivity contribution in [1.29, 1.82) is 0 Å². The first kappa shape index (κ1) is 12.9. The fourth-order valence-corrected chi connectivity index (χ4v) is 2.27. The number of esters is 1. The molecular formula is C12H17NO2S. The first-order valence-corrected chi connectivity index (χ1v) is 6.24. The number of nitrogens with two attached hydrogens (primary N) is 1. The van der Waals surface area contributed by atoms with Gasteiger partial charge >= 0.3 is 5.97 Å². The van der Waals surface area contributed by atoms with E-state index in [2.05, 4.69) is 0 Å². The van der Waals surface area contributed by atoms with Crippen LogP contribution in [-0.2, 0) is 9.53 Å². The van der Waals surface area contributed by atoms with Crippen LogP contribution < -0.4 is 5.73 Å². The molecule has 88 valence electrons. The summed E-state index contributed by atoms with van der Waals surface area (Å²) in [5.41, 5.74) is 6.53. The summed E-state index contributed by atoms with van der Waals surface area (Å²) in [6.07, 6.45) is 0.734. The summed E-state index contributed by atoms with van der Waals surface area (Å²) in [4.78, 5) is 12.5. The van der Waals surface area contributed by atoms with Crippen molar-refractivity contribution in [2.45, 2.75) is 30.4 Å². The van der Waals surface area contributed by atoms with Crippen LogP contribution in [-0.4, -0.2) is 17.8 Å². The average Bonchev–Trinajstić information content (AvgIpc) is 2.28. The summed E-state index contributed by atoms with van der Waals surface area (Å²) in [7, 11) is 0. The van der Waals surface area contributed by atoms with Crippen LogP contribution in [0.1, 0.15) is 20.3 Å². The number of hydrogen-bond donors (Lipinski definition) is 1. The van der Waals surface area contributed by atoms with Gasteiger partial charge in [-0.3, -0.25) is 4.79 Å². The lowest BCUT2D eigenvalue weighted by atomic mass is 10.3. The average molecular weight is 239 g/mol. The van der Waals surface area contributed by atoms with E-state index in [0.717, 1.165) is 11.3 Å². The Labute approximate surface area is 100 Å². The minimum Gasteiger partial charge on any atom is -0.465 e. The molecule has 0 saturated heterocycles. The van der Waals surface area contributed by atoms with Gasteiger partial charge in [0, 0.05) is 10.6 Å². The number of nitrogen functional groups attached to an aromatic ring is 1. The van der Waals surface area contributed by atoms with E-state index in [1.165, 1.54) is 11.8 Å². The fraction of sp³-hybridized carbons (Fsp3) is 0.417. The number of rotatable bonds is 5. The lowest BCUT2D eigenvalue weighted by Gasteiger charge is -2.14. The van der Waals surface area contributed by atoms with Crippen molar-refractivity contribution in [3.8, 4) is 0 Å². The molecule has 1 rings (SSSR count). The maximum atomic E-state index is 11.6. The maximum absolute atomic E-state index is 11.6. The van der Waals surface area contributed by atoms with E-state index in [0.29, 0.717) is 12.3 Å². The molecule has 2 N–H and O–H groups in total. The zero-order valence-corrected chi connectivity index (χ0v) is 10.4. The van der Waals surface area contributed by atoms with Gasteiger partial charge in [-0.05, 0) is 25.5 Å². The Morgan fingerprint density at radius 1 is 1.44 bits per heavy atom. The van der Waals surface area contributed by atoms with E-state index in [9.17, 15) is 4.79 Å². The van der Waals surface area contributed by atoms with Crippen LogP contribution in [0.4, 0.5) is 5.69 Å². The van der Waals surface area contributed by atoms with Gasteiger partial charge in [-0.1, -0.05) is 19.1 Å². The van der Waals surface area contributed by atoms with E-state index in [1.807, 2.05) is 38.1 Å². The quantitative estimate of drug-likeness (QED) is 0.487. The number of anilines is 1. The maximum Gasteiger partial charge on any atom is 0.319 e. The number of carbonyl (C=O) groups excluding carboxylic acids is 1. The number of hydrogen-bond acceptors (Lipinski definition) is 4. The van der Waals surface area contributed by atoms with Crippen molar-refractivity contribution in [2.24, 2.45) is 0 Å². The molecule has 0 saturated carbocycles. The smallest absolute Gasteiger partial charge is 0.319 e. The standard InChI is InChI=1S/C12H17NO2S/c1-3-10(12(14)15-4-2)16-11-8-6-5-7-9(11)13/h5-8,10H,3-4,13H2,1-2H3. The molecule has 0 amide bonds. The number of para-hydroxylation sites is 1. The molecule has 0 fully saturated rings. The fourth-order valence-electron chi connectivity index (χ4n) is 1.27. The lowest BCUT2D eigenvalue weighted by molar-refractivity contribution is -0.142. The van der Waals surface area contributed by atoms with Gasteiger partial charge < -0.3 is 10.5 Å². The lowest BCUT2D eigenvalue weighted by Crippen LogP contribution is -2.19. The zero-order chi connectivity index (χ0) is 12.0. The third-order valence-corrected chi connectivity index (χ3v) is 3.54. The van der Waals surface area contributed by atoms with Crippen molar-refractivity contribution in [2.75, 3.05) is 12.3 Å². The second-order valence-electron chi connectivity index (χ2n) is 3.30. The van der Waals surface area contributed by atoms with Gasteiger partial charge in [-0.15, -0.1) is 11.8 Å². The molecule has 0 aromatic heterocycles. The van der Waals surface area contributed by atoms with E-state index in [-0.39, 0.29) is 11.2 Å². The van der Waals surface area contributed by atoms with Crippen LogP contribution in [0.3, 0.4) is 0 Å². The summed E-state index contributed by atoms with van der Waals surface area (Å²) >= 11 is 1.46. The molecule has 0 aliphatic rings. The van der Waals surface area contributed by atoms with Crippen molar-refractivity contribution < 1.29 is 9.53 Å². The molecule has 4 heteroatoms. The van der Waals surface area contributed by atoms with Crippen molar-refractivity contribution in [1.82, 2.24) is 0 Å². The van der Waals surface area contributed by atoms with Crippen molar-refractivity contribution in [3.63, 3.8) is 0 Å². The normalized spacial score (nSPS) is 12.1. The summed E-state index contributed by atoms with van der Waals surface area (Å²) < 4.78 is 5.01. The Bertz CT molecular complexity index is 355. The highest BCUT2D eigenvalue weighted by molar-refractivity contribution is 8.00. The van der Waals surface area contributed by atoms with Crippen LogP contribution >= 0.6 is 11.8 Å². The molecule has 1 aromatic carbocycles. The third kappa shape index (κ3) is 3.45. The number of thioether (sulfide) groups is 1. The van der Waals surface area contributed by atoms with Gasteiger partial charge in [-0.25, -0.2) is 0 Å². The minimum atomic E-state index is -0.176.